The molecule has 1 fully saturated rings. The summed E-state index contributed by atoms with van der Waals surface area (Å²) < 4.78 is 0. The smallest absolute Gasteiger partial charge is 0.223 e. The minimum atomic E-state index is -1.15. The third-order valence-electron chi connectivity index (χ3n) is 3.58. The van der Waals surface area contributed by atoms with Crippen LogP contribution in [0.25, 0.3) is 0 Å². The van der Waals surface area contributed by atoms with Crippen molar-refractivity contribution >= 4 is 11.9 Å². The van der Waals surface area contributed by atoms with E-state index >= 15 is 0 Å². The van der Waals surface area contributed by atoms with E-state index in [4.69, 9.17) is 0 Å². The van der Waals surface area contributed by atoms with Gasteiger partial charge in [-0.3, -0.25) is 4.79 Å². The fourth-order valence-corrected chi connectivity index (χ4v) is 2.68. The first kappa shape index (κ1) is 12.6. The van der Waals surface area contributed by atoms with Gasteiger partial charge in [0.05, 0.1) is 6.04 Å². The molecule has 0 saturated carbocycles. The van der Waals surface area contributed by atoms with Crippen LogP contribution in [0.1, 0.15) is 30.5 Å². The number of aryl methyl sites for hydroxylation is 1. The van der Waals surface area contributed by atoms with Crippen LogP contribution in [0.2, 0.25) is 0 Å². The number of carboxylic acid groups (broad SMARTS) is 1. The number of rotatable bonds is 3. The van der Waals surface area contributed by atoms with Gasteiger partial charge in [0.25, 0.3) is 0 Å². The van der Waals surface area contributed by atoms with Crippen LogP contribution in [-0.4, -0.2) is 23.3 Å². The summed E-state index contributed by atoms with van der Waals surface area (Å²) in [7, 11) is 0. The lowest BCUT2D eigenvalue weighted by Crippen LogP contribution is -2.36. The first-order valence-corrected chi connectivity index (χ1v) is 6.12. The topological polar surface area (TPSA) is 60.4 Å². The van der Waals surface area contributed by atoms with Crippen molar-refractivity contribution in [2.75, 3.05) is 6.54 Å². The number of likely N-dealkylation sites (tertiary alicyclic amines) is 1. The Labute approximate surface area is 106 Å². The molecular formula is C14H16NO3-. The molecule has 0 unspecified atom stereocenters. The Bertz CT molecular complexity index is 484. The summed E-state index contributed by atoms with van der Waals surface area (Å²) in [6.45, 7) is 4.31. The zero-order chi connectivity index (χ0) is 13.3. The molecule has 0 bridgehead atoms. The maximum Gasteiger partial charge on any atom is 0.223 e. The summed E-state index contributed by atoms with van der Waals surface area (Å²) in [5.74, 6) is -2.01. The van der Waals surface area contributed by atoms with Gasteiger partial charge in [-0.05, 0) is 25.0 Å². The number of carbonyl (C=O) groups excluding carboxylic acids is 2. The summed E-state index contributed by atoms with van der Waals surface area (Å²) in [5, 5.41) is 11.2. The molecule has 4 heteroatoms. The van der Waals surface area contributed by atoms with Crippen molar-refractivity contribution in [3.8, 4) is 0 Å². The minimum absolute atomic E-state index is 0.0369. The summed E-state index contributed by atoms with van der Waals surface area (Å²) in [6, 6.07) is 7.19. The number of benzene rings is 1. The number of hydrogen-bond acceptors (Lipinski definition) is 3. The number of hydrogen-bond donors (Lipinski definition) is 0. The maximum absolute atomic E-state index is 11.9. The fraction of sp³-hybridized carbons (Fsp3) is 0.429. The highest BCUT2D eigenvalue weighted by Crippen LogP contribution is 2.38. The van der Waals surface area contributed by atoms with Crippen molar-refractivity contribution in [1.82, 2.24) is 4.90 Å². The number of aliphatic carboxylic acids is 1. The quantitative estimate of drug-likeness (QED) is 0.787. The second-order valence-electron chi connectivity index (χ2n) is 4.61. The van der Waals surface area contributed by atoms with E-state index in [2.05, 4.69) is 0 Å². The Balaban J connectivity index is 2.46. The Morgan fingerprint density at radius 1 is 1.44 bits per heavy atom. The molecule has 1 amide bonds. The normalized spacial score (nSPS) is 23.4. The highest BCUT2D eigenvalue weighted by Gasteiger charge is 2.40. The van der Waals surface area contributed by atoms with Gasteiger partial charge >= 0.3 is 0 Å². The average molecular weight is 246 g/mol. The van der Waals surface area contributed by atoms with Crippen LogP contribution in [0.15, 0.2) is 24.3 Å². The minimum Gasteiger partial charge on any atom is -0.550 e. The van der Waals surface area contributed by atoms with Crippen LogP contribution < -0.4 is 5.11 Å². The van der Waals surface area contributed by atoms with Gasteiger partial charge in [-0.2, -0.15) is 0 Å². The molecule has 1 aromatic rings. The van der Waals surface area contributed by atoms with E-state index in [9.17, 15) is 14.7 Å². The van der Waals surface area contributed by atoms with Crippen molar-refractivity contribution in [2.24, 2.45) is 5.92 Å². The Morgan fingerprint density at radius 3 is 2.67 bits per heavy atom. The van der Waals surface area contributed by atoms with Gasteiger partial charge in [0.15, 0.2) is 0 Å². The lowest BCUT2D eigenvalue weighted by Gasteiger charge is -2.29. The van der Waals surface area contributed by atoms with E-state index in [0.717, 1.165) is 11.1 Å². The zero-order valence-electron chi connectivity index (χ0n) is 10.6. The molecule has 0 aliphatic carbocycles. The largest absolute Gasteiger partial charge is 0.550 e. The van der Waals surface area contributed by atoms with Crippen LogP contribution >= 0.6 is 0 Å². The molecule has 0 radical (unpaired) electrons. The molecule has 1 aromatic carbocycles. The molecule has 2 atom stereocenters. The third kappa shape index (κ3) is 1.98. The van der Waals surface area contributed by atoms with Gasteiger partial charge in [-0.1, -0.05) is 24.3 Å². The SMILES string of the molecule is CCN1C(=O)C[C@@H](C(=O)[O-])[C@@H]1c1ccccc1C. The van der Waals surface area contributed by atoms with Crippen molar-refractivity contribution in [1.29, 1.82) is 0 Å². The van der Waals surface area contributed by atoms with Gasteiger partial charge in [0.2, 0.25) is 5.91 Å². The van der Waals surface area contributed by atoms with Crippen LogP contribution in [-0.2, 0) is 9.59 Å². The van der Waals surface area contributed by atoms with E-state index < -0.39 is 17.9 Å². The van der Waals surface area contributed by atoms with Crippen molar-refractivity contribution < 1.29 is 14.7 Å². The predicted octanol–water partition coefficient (Wildman–Crippen LogP) is 0.654. The highest BCUT2D eigenvalue weighted by atomic mass is 16.4. The highest BCUT2D eigenvalue weighted by molar-refractivity contribution is 5.86. The molecule has 0 spiro atoms. The molecular weight excluding hydrogens is 230 g/mol. The molecule has 2 rings (SSSR count). The van der Waals surface area contributed by atoms with E-state index in [1.165, 1.54) is 0 Å². The number of nitrogens with zero attached hydrogens (tertiary/aromatic N) is 1. The molecule has 4 nitrogen and oxygen atoms in total. The van der Waals surface area contributed by atoms with Crippen LogP contribution in [0.5, 0.6) is 0 Å². The Kier molecular flexibility index (Phi) is 3.36. The molecule has 18 heavy (non-hydrogen) atoms. The van der Waals surface area contributed by atoms with E-state index in [1.54, 1.807) is 4.90 Å². The van der Waals surface area contributed by atoms with Gasteiger partial charge in [-0.15, -0.1) is 0 Å². The number of carboxylic acids is 1. The lowest BCUT2D eigenvalue weighted by atomic mass is 9.91. The first-order valence-electron chi connectivity index (χ1n) is 6.12. The van der Waals surface area contributed by atoms with Crippen molar-refractivity contribution in [3.63, 3.8) is 0 Å². The van der Waals surface area contributed by atoms with Crippen molar-refractivity contribution in [2.45, 2.75) is 26.3 Å². The number of amides is 1. The molecule has 1 aliphatic heterocycles. The van der Waals surface area contributed by atoms with Crippen molar-refractivity contribution in [3.05, 3.63) is 35.4 Å². The van der Waals surface area contributed by atoms with Gasteiger partial charge in [0, 0.05) is 24.9 Å². The van der Waals surface area contributed by atoms with Crippen LogP contribution in [0.4, 0.5) is 0 Å². The summed E-state index contributed by atoms with van der Waals surface area (Å²) in [4.78, 5) is 24.7. The van der Waals surface area contributed by atoms with E-state index in [0.29, 0.717) is 6.54 Å². The number of carbonyl (C=O) groups is 2. The predicted molar refractivity (Wildman–Crippen MR) is 64.4 cm³/mol. The molecule has 1 aliphatic rings. The maximum atomic E-state index is 11.9. The van der Waals surface area contributed by atoms with E-state index in [-0.39, 0.29) is 12.3 Å². The van der Waals surface area contributed by atoms with Gasteiger partial charge in [-0.25, -0.2) is 0 Å². The molecule has 0 aromatic heterocycles. The van der Waals surface area contributed by atoms with Crippen LogP contribution in [0, 0.1) is 12.8 Å². The standard InChI is InChI=1S/C14H17NO3/c1-3-15-12(16)8-11(14(17)18)13(15)10-7-5-4-6-9(10)2/h4-7,11,13H,3,8H2,1-2H3,(H,17,18)/p-1/t11-,13+/m1/s1. The average Bonchev–Trinajstić information content (AvgIpc) is 2.67. The molecule has 96 valence electrons. The summed E-state index contributed by atoms with van der Waals surface area (Å²) in [5.41, 5.74) is 1.90. The van der Waals surface area contributed by atoms with Gasteiger partial charge < -0.3 is 14.8 Å². The molecule has 0 N–H and O–H groups in total. The molecule has 1 saturated heterocycles. The summed E-state index contributed by atoms with van der Waals surface area (Å²) in [6.07, 6.45) is 0.0369. The second-order valence-corrected chi connectivity index (χ2v) is 4.61. The monoisotopic (exact) mass is 246 g/mol. The molecule has 1 heterocycles. The Morgan fingerprint density at radius 2 is 2.11 bits per heavy atom. The van der Waals surface area contributed by atoms with Crippen LogP contribution in [0.3, 0.4) is 0 Å². The Hall–Kier alpha value is -1.84. The fourth-order valence-electron chi connectivity index (χ4n) is 2.68. The lowest BCUT2D eigenvalue weighted by molar-refractivity contribution is -0.312. The van der Waals surface area contributed by atoms with E-state index in [1.807, 2.05) is 38.1 Å². The first-order chi connectivity index (χ1) is 8.56. The zero-order valence-corrected chi connectivity index (χ0v) is 10.6. The third-order valence-corrected chi connectivity index (χ3v) is 3.58. The second kappa shape index (κ2) is 4.80. The summed E-state index contributed by atoms with van der Waals surface area (Å²) >= 11 is 0. The van der Waals surface area contributed by atoms with Gasteiger partial charge in [0.1, 0.15) is 0 Å².